The van der Waals surface area contributed by atoms with Gasteiger partial charge in [-0.1, -0.05) is 0 Å². The molecule has 1 saturated heterocycles. The molecule has 2 N–H and O–H groups in total. The Labute approximate surface area is 125 Å². The molecular formula is C13H20N2O4S2. The van der Waals surface area contributed by atoms with Crippen LogP contribution in [0.1, 0.15) is 19.8 Å². The summed E-state index contributed by atoms with van der Waals surface area (Å²) in [6, 6.07) is 5.86. The lowest BCUT2D eigenvalue weighted by atomic mass is 10.2. The van der Waals surface area contributed by atoms with Crippen molar-refractivity contribution in [3.63, 3.8) is 0 Å². The van der Waals surface area contributed by atoms with Crippen LogP contribution in [0, 0.1) is 0 Å². The zero-order valence-electron chi connectivity index (χ0n) is 11.9. The molecule has 1 fully saturated rings. The van der Waals surface area contributed by atoms with E-state index in [-0.39, 0.29) is 16.4 Å². The van der Waals surface area contributed by atoms with E-state index in [0.29, 0.717) is 12.8 Å². The van der Waals surface area contributed by atoms with Crippen molar-refractivity contribution in [3.05, 3.63) is 24.3 Å². The SMILES string of the molecule is CCNc1ccc(S(=O)(=O)NC2CCCS(=O)(=O)C2)cc1. The highest BCUT2D eigenvalue weighted by atomic mass is 32.2. The Kier molecular flexibility index (Phi) is 4.90. The number of anilines is 1. The van der Waals surface area contributed by atoms with Crippen molar-refractivity contribution in [1.82, 2.24) is 4.72 Å². The lowest BCUT2D eigenvalue weighted by Crippen LogP contribution is -2.43. The molecule has 118 valence electrons. The lowest BCUT2D eigenvalue weighted by Gasteiger charge is -2.22. The molecule has 1 aliphatic heterocycles. The van der Waals surface area contributed by atoms with Crippen LogP contribution in [0.3, 0.4) is 0 Å². The van der Waals surface area contributed by atoms with Crippen molar-refractivity contribution in [2.45, 2.75) is 30.7 Å². The third kappa shape index (κ3) is 4.42. The van der Waals surface area contributed by atoms with Gasteiger partial charge in [-0.15, -0.1) is 0 Å². The van der Waals surface area contributed by atoms with Gasteiger partial charge in [-0.25, -0.2) is 21.6 Å². The van der Waals surface area contributed by atoms with E-state index in [1.165, 1.54) is 12.1 Å². The molecule has 6 nitrogen and oxygen atoms in total. The Balaban J connectivity index is 2.11. The average Bonchev–Trinajstić information content (AvgIpc) is 2.38. The quantitative estimate of drug-likeness (QED) is 0.838. The van der Waals surface area contributed by atoms with Crippen molar-refractivity contribution in [2.24, 2.45) is 0 Å². The smallest absolute Gasteiger partial charge is 0.240 e. The summed E-state index contributed by atoms with van der Waals surface area (Å²) in [5.41, 5.74) is 0.844. The highest BCUT2D eigenvalue weighted by Gasteiger charge is 2.28. The molecule has 21 heavy (non-hydrogen) atoms. The summed E-state index contributed by atoms with van der Waals surface area (Å²) in [6.07, 6.45) is 1.04. The first-order valence-corrected chi connectivity index (χ1v) is 10.2. The van der Waals surface area contributed by atoms with E-state index in [1.54, 1.807) is 12.1 Å². The molecule has 0 aromatic heterocycles. The number of rotatable bonds is 5. The molecule has 1 unspecified atom stereocenters. The van der Waals surface area contributed by atoms with Crippen molar-refractivity contribution < 1.29 is 16.8 Å². The molecule has 8 heteroatoms. The standard InChI is InChI=1S/C13H20N2O4S2/c1-2-14-11-5-7-13(8-6-11)21(18,19)15-12-4-3-9-20(16,17)10-12/h5-8,12,14-15H,2-4,9-10H2,1H3. The van der Waals surface area contributed by atoms with Gasteiger partial charge < -0.3 is 5.32 Å². The minimum absolute atomic E-state index is 0.123. The number of benzene rings is 1. The highest BCUT2D eigenvalue weighted by molar-refractivity contribution is 7.91. The summed E-state index contributed by atoms with van der Waals surface area (Å²) >= 11 is 0. The van der Waals surface area contributed by atoms with E-state index < -0.39 is 25.9 Å². The minimum Gasteiger partial charge on any atom is -0.385 e. The molecular weight excluding hydrogens is 312 g/mol. The Bertz CT molecular complexity index is 681. The summed E-state index contributed by atoms with van der Waals surface area (Å²) in [6.45, 7) is 2.71. The predicted molar refractivity (Wildman–Crippen MR) is 82.6 cm³/mol. The lowest BCUT2D eigenvalue weighted by molar-refractivity contribution is 0.517. The summed E-state index contributed by atoms with van der Waals surface area (Å²) in [7, 11) is -6.82. The van der Waals surface area contributed by atoms with Gasteiger partial charge in [0.1, 0.15) is 0 Å². The molecule has 0 radical (unpaired) electrons. The topological polar surface area (TPSA) is 92.3 Å². The van der Waals surface area contributed by atoms with E-state index in [0.717, 1.165) is 12.2 Å². The first-order valence-electron chi connectivity index (χ1n) is 6.89. The highest BCUT2D eigenvalue weighted by Crippen LogP contribution is 2.17. The monoisotopic (exact) mass is 332 g/mol. The van der Waals surface area contributed by atoms with E-state index in [2.05, 4.69) is 10.0 Å². The second kappa shape index (κ2) is 6.33. The molecule has 0 saturated carbocycles. The van der Waals surface area contributed by atoms with Gasteiger partial charge in [0.15, 0.2) is 9.84 Å². The Morgan fingerprint density at radius 3 is 2.48 bits per heavy atom. The fraction of sp³-hybridized carbons (Fsp3) is 0.538. The van der Waals surface area contributed by atoms with E-state index in [4.69, 9.17) is 0 Å². The van der Waals surface area contributed by atoms with Gasteiger partial charge in [-0.3, -0.25) is 0 Å². The largest absolute Gasteiger partial charge is 0.385 e. The molecule has 0 aliphatic carbocycles. The summed E-state index contributed by atoms with van der Waals surface area (Å²) < 4.78 is 50.1. The molecule has 1 aromatic carbocycles. The maximum Gasteiger partial charge on any atom is 0.240 e. The summed E-state index contributed by atoms with van der Waals surface area (Å²) in [5.74, 6) is 0.0182. The van der Waals surface area contributed by atoms with Crippen LogP contribution in [0.25, 0.3) is 0 Å². The van der Waals surface area contributed by atoms with Crippen LogP contribution in [-0.4, -0.2) is 40.9 Å². The molecule has 1 aliphatic rings. The first-order chi connectivity index (χ1) is 9.82. The van der Waals surface area contributed by atoms with Crippen LogP contribution >= 0.6 is 0 Å². The zero-order chi connectivity index (χ0) is 15.5. The number of nitrogens with one attached hydrogen (secondary N) is 2. The van der Waals surface area contributed by atoms with E-state index in [1.807, 2.05) is 6.92 Å². The molecule has 1 heterocycles. The Morgan fingerprint density at radius 1 is 1.24 bits per heavy atom. The molecule has 0 spiro atoms. The van der Waals surface area contributed by atoms with Gasteiger partial charge in [-0.2, -0.15) is 0 Å². The van der Waals surface area contributed by atoms with Crippen LogP contribution < -0.4 is 10.0 Å². The minimum atomic E-state index is -3.68. The second-order valence-electron chi connectivity index (χ2n) is 5.13. The van der Waals surface area contributed by atoms with E-state index >= 15 is 0 Å². The van der Waals surface area contributed by atoms with Gasteiger partial charge in [0.25, 0.3) is 0 Å². The number of hydrogen-bond donors (Lipinski definition) is 2. The van der Waals surface area contributed by atoms with Gasteiger partial charge in [0.05, 0.1) is 16.4 Å². The maximum absolute atomic E-state index is 12.3. The fourth-order valence-electron chi connectivity index (χ4n) is 2.36. The van der Waals surface area contributed by atoms with Crippen molar-refractivity contribution in [2.75, 3.05) is 23.4 Å². The number of hydrogen-bond acceptors (Lipinski definition) is 5. The van der Waals surface area contributed by atoms with E-state index in [9.17, 15) is 16.8 Å². The number of sulfonamides is 1. The van der Waals surface area contributed by atoms with Gasteiger partial charge >= 0.3 is 0 Å². The van der Waals surface area contributed by atoms with Gasteiger partial charge in [-0.05, 0) is 44.0 Å². The molecule has 2 rings (SSSR count). The molecule has 1 atom stereocenters. The van der Waals surface area contributed by atoms with Crippen LogP contribution in [0.4, 0.5) is 5.69 Å². The summed E-state index contributed by atoms with van der Waals surface area (Å²) in [5, 5.41) is 3.08. The summed E-state index contributed by atoms with van der Waals surface area (Å²) in [4.78, 5) is 0.145. The third-order valence-electron chi connectivity index (χ3n) is 3.33. The van der Waals surface area contributed by atoms with Crippen molar-refractivity contribution in [1.29, 1.82) is 0 Å². The second-order valence-corrected chi connectivity index (χ2v) is 9.07. The third-order valence-corrected chi connectivity index (χ3v) is 6.69. The van der Waals surface area contributed by atoms with Crippen molar-refractivity contribution in [3.8, 4) is 0 Å². The zero-order valence-corrected chi connectivity index (χ0v) is 13.5. The first kappa shape index (κ1) is 16.3. The Morgan fingerprint density at radius 2 is 1.90 bits per heavy atom. The predicted octanol–water partition coefficient (Wildman–Crippen LogP) is 0.974. The molecule has 0 amide bonds. The average molecular weight is 332 g/mol. The maximum atomic E-state index is 12.3. The Hall–Kier alpha value is -1.12. The van der Waals surface area contributed by atoms with Crippen LogP contribution in [0.5, 0.6) is 0 Å². The van der Waals surface area contributed by atoms with Gasteiger partial charge in [0, 0.05) is 18.3 Å². The van der Waals surface area contributed by atoms with Crippen LogP contribution in [-0.2, 0) is 19.9 Å². The fourth-order valence-corrected chi connectivity index (χ4v) is 5.37. The van der Waals surface area contributed by atoms with Gasteiger partial charge in [0.2, 0.25) is 10.0 Å². The normalized spacial score (nSPS) is 21.9. The van der Waals surface area contributed by atoms with Crippen LogP contribution in [0.15, 0.2) is 29.2 Å². The molecule has 1 aromatic rings. The molecule has 0 bridgehead atoms. The number of sulfone groups is 1. The van der Waals surface area contributed by atoms with Crippen LogP contribution in [0.2, 0.25) is 0 Å². The van der Waals surface area contributed by atoms with Crippen molar-refractivity contribution >= 4 is 25.5 Å².